The number of carboxylic acids is 1. The number of aliphatic hydroxyl groups excluding tert-OH is 21. The molecule has 117 heavy (non-hydrogen) atoms. The van der Waals surface area contributed by atoms with E-state index < -0.39 is 320 Å². The largest absolute Gasteiger partial charge is 0.481 e. The molecule has 11 rings (SSSR count). The average molecular weight is 1690 g/mol. The molecule has 42 nitrogen and oxygen atoms in total. The van der Waals surface area contributed by atoms with E-state index in [0.717, 1.165) is 12.2 Å². The van der Waals surface area contributed by atoms with Gasteiger partial charge in [0.1, 0.15) is 148 Å². The molecular formula is C75H115O42+. The Morgan fingerprint density at radius 3 is 1.24 bits per heavy atom. The van der Waals surface area contributed by atoms with Gasteiger partial charge in [-0.25, -0.2) is 14.4 Å². The second kappa shape index (κ2) is 41.6. The predicted octanol–water partition coefficient (Wildman–Crippen LogP) is -9.27. The lowest BCUT2D eigenvalue weighted by atomic mass is 9.71. The van der Waals surface area contributed by atoms with Crippen LogP contribution < -0.4 is 0 Å². The van der Waals surface area contributed by atoms with E-state index in [4.69, 9.17) is 76.2 Å². The van der Waals surface area contributed by atoms with Crippen molar-refractivity contribution in [3.63, 3.8) is 0 Å². The van der Waals surface area contributed by atoms with Gasteiger partial charge in [0, 0.05) is 37.0 Å². The first-order valence-electron chi connectivity index (χ1n) is 40.0. The summed E-state index contributed by atoms with van der Waals surface area (Å²) in [5.41, 5.74) is 0. The van der Waals surface area contributed by atoms with Crippen molar-refractivity contribution in [2.75, 3.05) is 26.4 Å². The Bertz CT molecular complexity index is 3200. The van der Waals surface area contributed by atoms with Crippen molar-refractivity contribution in [2.45, 2.75) is 343 Å². The molecule has 0 spiro atoms. The molecular weight excluding hydrogens is 1570 g/mol. The van der Waals surface area contributed by atoms with Crippen LogP contribution in [-0.2, 0) is 90.3 Å². The Labute approximate surface area is 670 Å². The van der Waals surface area contributed by atoms with Crippen LogP contribution in [0.2, 0.25) is 0 Å². The number of carbonyl (C=O) groups is 5. The molecule has 42 heteroatoms. The van der Waals surface area contributed by atoms with Crippen LogP contribution >= 0.6 is 0 Å². The third-order valence-electron chi connectivity index (χ3n) is 24.3. The number of esters is 4. The summed E-state index contributed by atoms with van der Waals surface area (Å²) in [7, 11) is 0. The molecule has 666 valence electrons. The molecule has 6 aliphatic heterocycles. The highest BCUT2D eigenvalue weighted by Crippen LogP contribution is 2.46. The Morgan fingerprint density at radius 2 is 0.778 bits per heavy atom. The van der Waals surface area contributed by atoms with Crippen LogP contribution in [0.3, 0.4) is 0 Å². The predicted molar refractivity (Wildman–Crippen MR) is 379 cm³/mol. The van der Waals surface area contributed by atoms with Crippen molar-refractivity contribution in [3.05, 3.63) is 36.5 Å². The minimum atomic E-state index is -2.19. The zero-order chi connectivity index (χ0) is 84.7. The second-order valence-electron chi connectivity index (χ2n) is 32.7. The summed E-state index contributed by atoms with van der Waals surface area (Å²) in [4.78, 5) is 62.8. The first-order chi connectivity index (χ1) is 55.5. The van der Waals surface area contributed by atoms with Crippen LogP contribution in [-0.4, -0.2) is 406 Å². The lowest BCUT2D eigenvalue weighted by molar-refractivity contribution is -0.375. The highest BCUT2D eigenvalue weighted by molar-refractivity contribution is 5.90. The summed E-state index contributed by atoms with van der Waals surface area (Å²) in [6, 6.07) is 0. The number of allylic oxidation sites excluding steroid dienone is 3. The van der Waals surface area contributed by atoms with E-state index in [1.807, 2.05) is 0 Å². The van der Waals surface area contributed by atoms with Crippen molar-refractivity contribution in [2.24, 2.45) is 29.6 Å². The van der Waals surface area contributed by atoms with Crippen molar-refractivity contribution in [3.8, 4) is 0 Å². The van der Waals surface area contributed by atoms with E-state index in [0.29, 0.717) is 38.5 Å². The van der Waals surface area contributed by atoms with Crippen molar-refractivity contribution >= 4 is 29.8 Å². The van der Waals surface area contributed by atoms with Gasteiger partial charge in [0.25, 0.3) is 0 Å². The second-order valence-corrected chi connectivity index (χ2v) is 32.7. The fraction of sp³-hybridized carbons (Fsp3) is 0.853. The molecule has 0 aromatic rings. The highest BCUT2D eigenvalue weighted by atomic mass is 16.8. The fourth-order valence-corrected chi connectivity index (χ4v) is 17.3. The maximum absolute atomic E-state index is 13.1. The third kappa shape index (κ3) is 23.4. The van der Waals surface area contributed by atoms with Crippen LogP contribution in [0, 0.1) is 29.6 Å². The number of hydrogen-bond acceptors (Lipinski definition) is 40. The van der Waals surface area contributed by atoms with Crippen LogP contribution in [0.4, 0.5) is 0 Å². The standard InChI is InChI=1S/C75H114O42/c1-28-69(117-52(86)15-6-29-2-9-33(76)10-3-29)63(97)68(102)71(107-28)106-27-48-58(92)62(96)67(101)75(116-48)112-44-22-35-40(20-34(77)21-41(35)109-72-64(98)59(93)57(91)47(113-72)26-105-53(87)23-49(82)83)108-70(44)32-18-42(110-73-65(99)60(94)55(89)45(114-73)24-103-50(84)13-7-30-4-11-36(78)38(80)16-30)54(88)43(19-32)111-74-66(100)61(95)56(90)46(115-74)25-104-51(85)14-8-31-5-12-37(79)39(81)17-31/h6-8,13-15,28-48,54-81,88-102H,2-5,9-12,16-27H2,1H3,(H,82,83)/p+1/t28-,29?,30?,31?,32?,33?,34?,35?,36?,37?,38?,39?,40?,41?,42?,43?,44?,45+,46+,47+,48+,54?,55+,56+,57+,58+,59-,60-,61-,62-,63-,64+,65+,66+,67+,68+,69-,70?,71+,72+,73+,74+,75+/m0/s1. The van der Waals surface area contributed by atoms with Gasteiger partial charge in [-0.2, -0.15) is 0 Å². The average Bonchev–Trinajstić information content (AvgIpc) is 0.754. The Morgan fingerprint density at radius 1 is 0.368 bits per heavy atom. The van der Waals surface area contributed by atoms with Crippen molar-refractivity contribution < 1.29 is 207 Å². The summed E-state index contributed by atoms with van der Waals surface area (Å²) < 4.78 is 88.2. The first kappa shape index (κ1) is 93.0. The van der Waals surface area contributed by atoms with Gasteiger partial charge in [-0.1, -0.05) is 18.2 Å². The Kier molecular flexibility index (Phi) is 33.1. The zero-order valence-electron chi connectivity index (χ0n) is 64.0. The number of ether oxygens (including phenoxy) is 15. The first-order valence-corrected chi connectivity index (χ1v) is 40.0. The van der Waals surface area contributed by atoms with Crippen molar-refractivity contribution in [1.82, 2.24) is 0 Å². The molecule has 39 atom stereocenters. The van der Waals surface area contributed by atoms with Gasteiger partial charge in [0.2, 0.25) is 0 Å². The summed E-state index contributed by atoms with van der Waals surface area (Å²) in [6.45, 7) is -1.87. The van der Waals surface area contributed by atoms with Crippen LogP contribution in [0.25, 0.3) is 0 Å². The van der Waals surface area contributed by atoms with Crippen LogP contribution in [0.5, 0.6) is 0 Å². The normalized spacial score (nSPS) is 47.6. The third-order valence-corrected chi connectivity index (χ3v) is 24.3. The van der Waals surface area contributed by atoms with Crippen molar-refractivity contribution in [1.29, 1.82) is 0 Å². The maximum atomic E-state index is 13.1. The van der Waals surface area contributed by atoms with Crippen LogP contribution in [0.15, 0.2) is 36.5 Å². The molecule has 11 fully saturated rings. The van der Waals surface area contributed by atoms with E-state index in [-0.39, 0.29) is 62.7 Å². The molecule has 0 bridgehead atoms. The molecule has 0 aromatic carbocycles. The van der Waals surface area contributed by atoms with E-state index in [1.54, 1.807) is 6.08 Å². The topological polar surface area (TPSA) is 672 Å². The number of hydrogen-bond donors (Lipinski definition) is 22. The van der Waals surface area contributed by atoms with Gasteiger partial charge in [0.15, 0.2) is 49.8 Å². The molecule has 23 N–H and O–H groups in total. The van der Waals surface area contributed by atoms with E-state index >= 15 is 0 Å². The fourth-order valence-electron chi connectivity index (χ4n) is 17.3. The van der Waals surface area contributed by atoms with Gasteiger partial charge >= 0.3 is 29.8 Å². The highest BCUT2D eigenvalue weighted by Gasteiger charge is 2.60. The van der Waals surface area contributed by atoms with E-state index in [9.17, 15) is 131 Å². The number of carboxylic acid groups (broad SMARTS) is 1. The molecule has 5 aliphatic carbocycles. The van der Waals surface area contributed by atoms with Gasteiger partial charge < -0.3 is 183 Å². The minimum Gasteiger partial charge on any atom is -0.481 e. The number of aliphatic hydroxyl groups is 23. The summed E-state index contributed by atoms with van der Waals surface area (Å²) in [5.74, 6) is -8.54. The number of rotatable bonds is 27. The van der Waals surface area contributed by atoms with E-state index in [1.165, 1.54) is 25.2 Å². The molecule has 11 aliphatic rings. The Hall–Kier alpha value is -4.71. The summed E-state index contributed by atoms with van der Waals surface area (Å²) in [6.07, 6.45) is -55.8. The summed E-state index contributed by atoms with van der Waals surface area (Å²) >= 11 is 0. The Balaban J connectivity index is 0.874. The lowest BCUT2D eigenvalue weighted by Gasteiger charge is -2.51. The quantitative estimate of drug-likeness (QED) is 0.0119. The monoisotopic (exact) mass is 1690 g/mol. The van der Waals surface area contributed by atoms with E-state index in [2.05, 4.69) is 0 Å². The smallest absolute Gasteiger partial charge is 0.330 e. The molecule has 0 amide bonds. The lowest BCUT2D eigenvalue weighted by Crippen LogP contribution is -2.65. The number of fused-ring (bicyclic) bond motifs is 1. The molecule has 0 radical (unpaired) electrons. The molecule has 6 heterocycles. The molecule has 14 unspecified atom stereocenters. The van der Waals surface area contributed by atoms with Gasteiger partial charge in [-0.3, -0.25) is 9.59 Å². The summed E-state index contributed by atoms with van der Waals surface area (Å²) in [5, 5.41) is 244. The molecule has 5 saturated carbocycles. The molecule has 0 aromatic heterocycles. The zero-order valence-corrected chi connectivity index (χ0v) is 64.0. The van der Waals surface area contributed by atoms with Gasteiger partial charge in [-0.15, -0.1) is 0 Å². The SMILES string of the molecule is C[C@@H]1O[C@@H](OC[C@H]2O[C@@H](OC3CC4C(O[C@@H]5O[C@H](COC(=O)CC(=O)O)[C@@H](O)[C@H](O)[C@H]5O)CC(O)CC4[OH+]C3C3CC(O[C@@H]4O[C@H](COC(=O)C=CC5CCC(O)C(O)C5)[C@@H](O)[C@H](O)[C@H]4O)C(O)C(O[C@@H]4O[C@H](COC(=O)C=CC5CCC(O)C(O)C5)[C@@H](O)[C@H](O)[C@H]4O)C3)[C@H](O)[C@@H](O)[C@@H]2O)[C@H](O)[C@H](O)[C@H]1OC(=O)C=CC1CCC(O)CC1. The minimum absolute atomic E-state index is 0.0239. The van der Waals surface area contributed by atoms with Crippen LogP contribution in [0.1, 0.15) is 110 Å². The number of carbonyl (C=O) groups excluding carboxylic acids is 4. The maximum Gasteiger partial charge on any atom is 0.330 e. The molecule has 6 saturated heterocycles. The number of aliphatic carboxylic acids is 1. The van der Waals surface area contributed by atoms with Gasteiger partial charge in [0.05, 0.1) is 73.6 Å². The van der Waals surface area contributed by atoms with Gasteiger partial charge in [-0.05, 0) is 108 Å².